The summed E-state index contributed by atoms with van der Waals surface area (Å²) in [5, 5.41) is 43.6. The van der Waals surface area contributed by atoms with E-state index >= 15 is 0 Å². The lowest BCUT2D eigenvalue weighted by atomic mass is 9.94. The minimum absolute atomic E-state index is 0.223. The van der Waals surface area contributed by atoms with Crippen LogP contribution in [0.4, 0.5) is 0 Å². The van der Waals surface area contributed by atoms with Crippen LogP contribution in [0.2, 0.25) is 0 Å². The molecule has 4 heterocycles. The Morgan fingerprint density at radius 1 is 0.351 bits per heavy atom. The maximum absolute atomic E-state index is 14.1. The number of rotatable bonds is 4. The fourth-order valence-electron chi connectivity index (χ4n) is 10.8. The zero-order valence-electron chi connectivity index (χ0n) is 38.9. The molecule has 74 heavy (non-hydrogen) atoms. The number of benzene rings is 10. The van der Waals surface area contributed by atoms with Gasteiger partial charge in [0.2, 0.25) is 0 Å². The molecule has 0 atom stereocenters. The van der Waals surface area contributed by atoms with Crippen LogP contribution in [0.3, 0.4) is 0 Å². The Labute approximate surface area is 420 Å². The molecule has 14 aromatic rings. The second-order valence-electron chi connectivity index (χ2n) is 18.0. The van der Waals surface area contributed by atoms with Crippen molar-refractivity contribution in [3.05, 3.63) is 237 Å². The predicted octanol–water partition coefficient (Wildman–Crippen LogP) is 13.3. The summed E-state index contributed by atoms with van der Waals surface area (Å²) in [4.78, 5) is 38.1. The normalized spacial score (nSPS) is 11.3. The van der Waals surface area contributed by atoms with E-state index in [0.717, 1.165) is 66.3 Å². The Hall–Kier alpha value is -11.0. The van der Waals surface area contributed by atoms with E-state index in [1.807, 2.05) is 133 Å². The summed E-state index contributed by atoms with van der Waals surface area (Å²) in [6, 6.07) is 70.8. The van der Waals surface area contributed by atoms with E-state index in [-0.39, 0.29) is 11.1 Å². The van der Waals surface area contributed by atoms with Crippen molar-refractivity contribution in [2.24, 2.45) is 0 Å². The molecule has 0 aliphatic carbocycles. The molecule has 0 bridgehead atoms. The smallest absolute Gasteiger partial charge is 0.264 e. The molecule has 0 radical (unpaired) electrons. The Bertz CT molecular complexity index is 4840. The fourth-order valence-corrected chi connectivity index (χ4v) is 10.8. The number of nitrogens with zero attached hydrogens (tertiary/aromatic N) is 8. The van der Waals surface area contributed by atoms with Crippen LogP contribution in [-0.2, 0) is 0 Å². The molecular formula is C64H32N8O2. The number of aromatic nitrogens is 4. The van der Waals surface area contributed by atoms with Crippen LogP contribution in [0.25, 0.3) is 121 Å². The van der Waals surface area contributed by atoms with E-state index in [1.165, 1.54) is 0 Å². The van der Waals surface area contributed by atoms with Crippen LogP contribution in [0.15, 0.2) is 204 Å². The molecule has 4 aromatic heterocycles. The van der Waals surface area contributed by atoms with Crippen molar-refractivity contribution in [2.75, 3.05) is 0 Å². The van der Waals surface area contributed by atoms with Gasteiger partial charge in [0.25, 0.3) is 11.1 Å². The van der Waals surface area contributed by atoms with Crippen molar-refractivity contribution < 1.29 is 0 Å². The number of imidazole rings is 2. The van der Waals surface area contributed by atoms with E-state index < -0.39 is 0 Å². The lowest BCUT2D eigenvalue weighted by Gasteiger charge is -2.11. The van der Waals surface area contributed by atoms with Crippen molar-refractivity contribution in [3.63, 3.8) is 0 Å². The summed E-state index contributed by atoms with van der Waals surface area (Å²) < 4.78 is 3.35. The second-order valence-corrected chi connectivity index (χ2v) is 18.0. The molecule has 0 spiro atoms. The van der Waals surface area contributed by atoms with E-state index in [0.29, 0.717) is 76.9 Å². The van der Waals surface area contributed by atoms with Gasteiger partial charge in [-0.2, -0.15) is 21.0 Å². The molecule has 0 saturated carbocycles. The SMILES string of the molecule is N#Cc1ccc2c(=O)n3c(nc4cc(-c5ccccc5)cc(-c5ccccc5)c43)c3ccc(C#N)c1c23.N#Cc1ccc2c(=O)n3c4cc(-c5ccccc5)cc(-c5ccccc5)c4nc3c3ccc(C#N)c1c23. The Morgan fingerprint density at radius 3 is 1.22 bits per heavy atom. The van der Waals surface area contributed by atoms with Gasteiger partial charge < -0.3 is 0 Å². The van der Waals surface area contributed by atoms with E-state index in [9.17, 15) is 30.6 Å². The topological polar surface area (TPSA) is 164 Å². The first kappa shape index (κ1) is 43.0. The van der Waals surface area contributed by atoms with Crippen LogP contribution in [0.1, 0.15) is 22.3 Å². The fraction of sp³-hybridized carbons (Fsp3) is 0. The summed E-state index contributed by atoms with van der Waals surface area (Å²) in [5.74, 6) is 0. The van der Waals surface area contributed by atoms with Gasteiger partial charge in [0.1, 0.15) is 11.3 Å². The quantitative estimate of drug-likeness (QED) is 0.168. The summed E-state index contributed by atoms with van der Waals surface area (Å²) in [5.41, 5.74) is 12.8. The highest BCUT2D eigenvalue weighted by molar-refractivity contribution is 6.20. The van der Waals surface area contributed by atoms with Gasteiger partial charge >= 0.3 is 0 Å². The molecule has 14 rings (SSSR count). The largest absolute Gasteiger partial charge is 0.268 e. The van der Waals surface area contributed by atoms with Gasteiger partial charge in [-0.1, -0.05) is 121 Å². The highest BCUT2D eigenvalue weighted by Crippen LogP contribution is 2.40. The molecule has 340 valence electrons. The molecule has 10 heteroatoms. The Balaban J connectivity index is 0.000000143. The molecule has 0 saturated heterocycles. The van der Waals surface area contributed by atoms with Gasteiger partial charge in [0, 0.05) is 54.2 Å². The number of hydrogen-bond acceptors (Lipinski definition) is 8. The summed E-state index contributed by atoms with van der Waals surface area (Å²) >= 11 is 0. The van der Waals surface area contributed by atoms with Gasteiger partial charge in [0.15, 0.2) is 0 Å². The van der Waals surface area contributed by atoms with E-state index in [2.05, 4.69) is 48.5 Å². The molecule has 10 nitrogen and oxygen atoms in total. The Kier molecular flexibility index (Phi) is 9.78. The van der Waals surface area contributed by atoms with Crippen LogP contribution >= 0.6 is 0 Å². The monoisotopic (exact) mass is 944 g/mol. The minimum Gasteiger partial charge on any atom is -0.268 e. The van der Waals surface area contributed by atoms with Crippen LogP contribution in [-0.4, -0.2) is 18.8 Å². The molecule has 10 aromatic carbocycles. The molecule has 0 amide bonds. The lowest BCUT2D eigenvalue weighted by molar-refractivity contribution is 1.19. The average molecular weight is 945 g/mol. The zero-order valence-corrected chi connectivity index (χ0v) is 38.9. The molecule has 0 aliphatic heterocycles. The second kappa shape index (κ2) is 16.8. The van der Waals surface area contributed by atoms with Crippen molar-refractivity contribution >= 4 is 76.5 Å². The average Bonchev–Trinajstić information content (AvgIpc) is 4.06. The third-order valence-electron chi connectivity index (χ3n) is 14.0. The molecule has 0 aliphatic rings. The standard InChI is InChI=1S/2C32H16N4O/c33-17-21-11-13-24-29-25(14-12-22(18-34)28(21)29)32(37)36-27-16-23(19-7-3-1-4-8-19)15-26(30(27)35-31(24)36)20-9-5-2-6-10-20;33-17-21-11-13-24-29-25(14-12-22(18-34)28(21)29)32(37)36-30-26(20-9-5-2-6-10-20)15-23(16-27(30)35-31(24)36)19-7-3-1-4-8-19/h2*1-16H. The number of fused-ring (bicyclic) bond motifs is 8. The van der Waals surface area contributed by atoms with Gasteiger partial charge in [-0.3, -0.25) is 18.4 Å². The first-order valence-corrected chi connectivity index (χ1v) is 23.6. The maximum atomic E-state index is 14.1. The zero-order chi connectivity index (χ0) is 50.2. The third-order valence-corrected chi connectivity index (χ3v) is 14.0. The minimum atomic E-state index is -0.223. The molecule has 0 N–H and O–H groups in total. The highest BCUT2D eigenvalue weighted by Gasteiger charge is 2.24. The molecular weight excluding hydrogens is 913 g/mol. The number of pyridine rings is 2. The van der Waals surface area contributed by atoms with Gasteiger partial charge in [0.05, 0.1) is 68.6 Å². The van der Waals surface area contributed by atoms with Crippen LogP contribution in [0.5, 0.6) is 0 Å². The van der Waals surface area contributed by atoms with Crippen LogP contribution < -0.4 is 11.1 Å². The lowest BCUT2D eigenvalue weighted by Crippen LogP contribution is -2.14. The predicted molar refractivity (Wildman–Crippen MR) is 291 cm³/mol. The number of hydrogen-bond donors (Lipinski definition) is 0. The number of nitriles is 4. The van der Waals surface area contributed by atoms with Crippen molar-refractivity contribution in [3.8, 4) is 68.8 Å². The van der Waals surface area contributed by atoms with Crippen LogP contribution in [0, 0.1) is 45.3 Å². The molecule has 0 fully saturated rings. The maximum Gasteiger partial charge on any atom is 0.264 e. The van der Waals surface area contributed by atoms with E-state index in [1.54, 1.807) is 45.2 Å². The Morgan fingerprint density at radius 2 is 0.743 bits per heavy atom. The van der Waals surface area contributed by atoms with Crippen molar-refractivity contribution in [1.29, 1.82) is 21.0 Å². The molecule has 0 unspecified atom stereocenters. The summed E-state index contributed by atoms with van der Waals surface area (Å²) in [6.07, 6.45) is 0. The van der Waals surface area contributed by atoms with Crippen molar-refractivity contribution in [1.82, 2.24) is 18.8 Å². The van der Waals surface area contributed by atoms with Gasteiger partial charge in [-0.25, -0.2) is 9.97 Å². The summed E-state index contributed by atoms with van der Waals surface area (Å²) in [7, 11) is 0. The van der Waals surface area contributed by atoms with E-state index in [4.69, 9.17) is 9.97 Å². The van der Waals surface area contributed by atoms with Gasteiger partial charge in [-0.05, 0) is 106 Å². The van der Waals surface area contributed by atoms with Crippen molar-refractivity contribution in [2.45, 2.75) is 0 Å². The first-order chi connectivity index (χ1) is 36.4. The third kappa shape index (κ3) is 6.41. The highest BCUT2D eigenvalue weighted by atomic mass is 16.1. The first-order valence-electron chi connectivity index (χ1n) is 23.6. The van der Waals surface area contributed by atoms with Gasteiger partial charge in [-0.15, -0.1) is 0 Å². The summed E-state index contributed by atoms with van der Waals surface area (Å²) in [6.45, 7) is 0.